The van der Waals surface area contributed by atoms with Crippen LogP contribution >= 0.6 is 34.8 Å². The zero-order chi connectivity index (χ0) is 22.3. The first-order valence-electron chi connectivity index (χ1n) is 9.06. The van der Waals surface area contributed by atoms with Crippen molar-refractivity contribution < 1.29 is 19.1 Å². The summed E-state index contributed by atoms with van der Waals surface area (Å²) in [5, 5.41) is 11.8. The molecule has 156 valence electrons. The highest BCUT2D eigenvalue weighted by Gasteiger charge is 2.47. The second-order valence-corrected chi connectivity index (χ2v) is 8.05. The maximum Gasteiger partial charge on any atom is 0.300 e. The number of aliphatic hydroxyl groups is 1. The van der Waals surface area contributed by atoms with Gasteiger partial charge in [0.05, 0.1) is 21.7 Å². The van der Waals surface area contributed by atoms with Crippen LogP contribution in [0.1, 0.15) is 17.2 Å². The molecule has 1 fully saturated rings. The predicted molar refractivity (Wildman–Crippen MR) is 119 cm³/mol. The van der Waals surface area contributed by atoms with Gasteiger partial charge in [-0.05, 0) is 48.5 Å². The number of Topliss-reactive ketones (excluding diaryl/α,β-unsaturated/α-hetero) is 1. The first-order valence-corrected chi connectivity index (χ1v) is 10.2. The van der Waals surface area contributed by atoms with Gasteiger partial charge in [0.1, 0.15) is 11.6 Å². The third-order valence-corrected chi connectivity index (χ3v) is 5.93. The van der Waals surface area contributed by atoms with Crippen molar-refractivity contribution in [3.8, 4) is 0 Å². The molecule has 1 heterocycles. The monoisotopic (exact) mass is 475 g/mol. The first kappa shape index (κ1) is 21.4. The molecule has 1 aliphatic heterocycles. The largest absolute Gasteiger partial charge is 0.507 e. The quantitative estimate of drug-likeness (QED) is 0.270. The lowest BCUT2D eigenvalue weighted by molar-refractivity contribution is -0.132. The Morgan fingerprint density at radius 1 is 0.903 bits per heavy atom. The third kappa shape index (κ3) is 3.81. The van der Waals surface area contributed by atoms with Gasteiger partial charge in [0.25, 0.3) is 11.7 Å². The van der Waals surface area contributed by atoms with Crippen LogP contribution in [-0.4, -0.2) is 16.8 Å². The Hall–Kier alpha value is -2.86. The van der Waals surface area contributed by atoms with Crippen molar-refractivity contribution in [2.45, 2.75) is 6.04 Å². The lowest BCUT2D eigenvalue weighted by atomic mass is 9.94. The molecule has 8 heteroatoms. The normalized spacial score (nSPS) is 17.9. The Labute approximate surface area is 192 Å². The van der Waals surface area contributed by atoms with Crippen molar-refractivity contribution in [3.05, 3.63) is 104 Å². The Balaban J connectivity index is 1.97. The van der Waals surface area contributed by atoms with E-state index in [2.05, 4.69) is 0 Å². The molecule has 0 bridgehead atoms. The van der Waals surface area contributed by atoms with E-state index in [1.165, 1.54) is 36.4 Å². The molecule has 1 unspecified atom stereocenters. The van der Waals surface area contributed by atoms with Crippen LogP contribution in [0.15, 0.2) is 72.3 Å². The van der Waals surface area contributed by atoms with Gasteiger partial charge >= 0.3 is 0 Å². The molecular formula is C23H13Cl3FNO3. The number of amides is 1. The standard InChI is InChI=1S/C23H13Cl3FNO3/c24-13-6-8-14(9-7-13)28-20(15-3-1-2-4-18(15)27)19(22(30)23(28)31)21(29)12-5-10-16(25)17(26)11-12/h1-11,20,29H/b21-19+. The van der Waals surface area contributed by atoms with Gasteiger partial charge in [-0.25, -0.2) is 4.39 Å². The van der Waals surface area contributed by atoms with Gasteiger partial charge in [0.15, 0.2) is 0 Å². The number of anilines is 1. The summed E-state index contributed by atoms with van der Waals surface area (Å²) in [6, 6.07) is 15.0. The van der Waals surface area contributed by atoms with Crippen LogP contribution in [0.2, 0.25) is 15.1 Å². The Morgan fingerprint density at radius 3 is 2.23 bits per heavy atom. The molecule has 1 aliphatic rings. The topological polar surface area (TPSA) is 57.6 Å². The zero-order valence-corrected chi connectivity index (χ0v) is 17.9. The molecule has 0 spiro atoms. The van der Waals surface area contributed by atoms with Gasteiger partial charge in [-0.2, -0.15) is 0 Å². The minimum absolute atomic E-state index is 0.0539. The molecule has 4 rings (SSSR count). The summed E-state index contributed by atoms with van der Waals surface area (Å²) in [4.78, 5) is 27.1. The Kier molecular flexibility index (Phi) is 5.75. The van der Waals surface area contributed by atoms with Gasteiger partial charge in [-0.15, -0.1) is 0 Å². The fourth-order valence-corrected chi connectivity index (χ4v) is 3.91. The van der Waals surface area contributed by atoms with E-state index in [9.17, 15) is 19.1 Å². The van der Waals surface area contributed by atoms with Crippen molar-refractivity contribution >= 4 is 57.9 Å². The maximum atomic E-state index is 14.8. The summed E-state index contributed by atoms with van der Waals surface area (Å²) in [5.41, 5.74) is 0.291. The van der Waals surface area contributed by atoms with E-state index < -0.39 is 29.3 Å². The van der Waals surface area contributed by atoms with Crippen LogP contribution in [0.5, 0.6) is 0 Å². The number of rotatable bonds is 3. The second kappa shape index (κ2) is 8.35. The van der Waals surface area contributed by atoms with Gasteiger partial charge in [-0.3, -0.25) is 14.5 Å². The van der Waals surface area contributed by atoms with Crippen molar-refractivity contribution in [1.82, 2.24) is 0 Å². The number of aliphatic hydroxyl groups excluding tert-OH is 1. The van der Waals surface area contributed by atoms with E-state index >= 15 is 0 Å². The average molecular weight is 477 g/mol. The van der Waals surface area contributed by atoms with Crippen LogP contribution in [0.4, 0.5) is 10.1 Å². The van der Waals surface area contributed by atoms with Gasteiger partial charge in [0.2, 0.25) is 0 Å². The Bertz CT molecular complexity index is 1240. The number of hydrogen-bond acceptors (Lipinski definition) is 3. The molecule has 3 aromatic rings. The molecular weight excluding hydrogens is 464 g/mol. The van der Waals surface area contributed by atoms with Crippen molar-refractivity contribution in [1.29, 1.82) is 0 Å². The van der Waals surface area contributed by atoms with Gasteiger partial charge in [-0.1, -0.05) is 53.0 Å². The number of carbonyl (C=O) groups is 2. The highest BCUT2D eigenvalue weighted by atomic mass is 35.5. The van der Waals surface area contributed by atoms with Crippen LogP contribution in [0, 0.1) is 5.82 Å². The summed E-state index contributed by atoms with van der Waals surface area (Å²) >= 11 is 17.9. The maximum absolute atomic E-state index is 14.8. The fraction of sp³-hybridized carbons (Fsp3) is 0.0435. The van der Waals surface area contributed by atoms with Gasteiger partial charge in [0, 0.05) is 21.8 Å². The minimum atomic E-state index is -1.20. The number of ketones is 1. The van der Waals surface area contributed by atoms with E-state index in [0.717, 1.165) is 4.90 Å². The Morgan fingerprint density at radius 2 is 1.58 bits per heavy atom. The summed E-state index contributed by atoms with van der Waals surface area (Å²) in [5.74, 6) is -2.97. The average Bonchev–Trinajstić information content (AvgIpc) is 3.01. The summed E-state index contributed by atoms with van der Waals surface area (Å²) in [6.45, 7) is 0. The summed E-state index contributed by atoms with van der Waals surface area (Å²) < 4.78 is 14.8. The van der Waals surface area contributed by atoms with E-state index in [1.807, 2.05) is 0 Å². The third-order valence-electron chi connectivity index (χ3n) is 4.94. The van der Waals surface area contributed by atoms with E-state index in [1.54, 1.807) is 30.3 Å². The smallest absolute Gasteiger partial charge is 0.300 e. The van der Waals surface area contributed by atoms with Crippen LogP contribution < -0.4 is 4.90 Å². The number of carbonyl (C=O) groups excluding carboxylic acids is 2. The fourth-order valence-electron chi connectivity index (χ4n) is 3.49. The molecule has 1 amide bonds. The van der Waals surface area contributed by atoms with Gasteiger partial charge < -0.3 is 5.11 Å². The molecule has 3 aromatic carbocycles. The molecule has 4 nitrogen and oxygen atoms in total. The highest BCUT2D eigenvalue weighted by molar-refractivity contribution is 6.52. The van der Waals surface area contributed by atoms with Crippen molar-refractivity contribution in [2.24, 2.45) is 0 Å². The lowest BCUT2D eigenvalue weighted by Crippen LogP contribution is -2.29. The van der Waals surface area contributed by atoms with E-state index in [-0.39, 0.29) is 26.7 Å². The number of benzene rings is 3. The molecule has 1 N–H and O–H groups in total. The number of nitrogens with zero attached hydrogens (tertiary/aromatic N) is 1. The molecule has 0 aliphatic carbocycles. The second-order valence-electron chi connectivity index (χ2n) is 6.80. The van der Waals surface area contributed by atoms with E-state index in [4.69, 9.17) is 34.8 Å². The van der Waals surface area contributed by atoms with Crippen LogP contribution in [0.3, 0.4) is 0 Å². The minimum Gasteiger partial charge on any atom is -0.507 e. The summed E-state index contributed by atoms with van der Waals surface area (Å²) in [7, 11) is 0. The molecule has 1 saturated heterocycles. The zero-order valence-electron chi connectivity index (χ0n) is 15.7. The van der Waals surface area contributed by atoms with Crippen molar-refractivity contribution in [3.63, 3.8) is 0 Å². The molecule has 0 saturated carbocycles. The summed E-state index contributed by atoms with van der Waals surface area (Å²) in [6.07, 6.45) is 0. The SMILES string of the molecule is O=C1C(=O)N(c2ccc(Cl)cc2)C(c2ccccc2F)/C1=C(\O)c1ccc(Cl)c(Cl)c1. The number of hydrogen-bond donors (Lipinski definition) is 1. The molecule has 0 radical (unpaired) electrons. The molecule has 31 heavy (non-hydrogen) atoms. The van der Waals surface area contributed by atoms with E-state index in [0.29, 0.717) is 10.7 Å². The molecule has 1 atom stereocenters. The molecule has 0 aromatic heterocycles. The highest BCUT2D eigenvalue weighted by Crippen LogP contribution is 2.43. The lowest BCUT2D eigenvalue weighted by Gasteiger charge is -2.25. The van der Waals surface area contributed by atoms with Crippen LogP contribution in [-0.2, 0) is 9.59 Å². The number of halogens is 4. The predicted octanol–water partition coefficient (Wildman–Crippen LogP) is 6.41. The van der Waals surface area contributed by atoms with Crippen LogP contribution in [0.25, 0.3) is 5.76 Å². The van der Waals surface area contributed by atoms with Crippen molar-refractivity contribution in [2.75, 3.05) is 4.90 Å². The first-order chi connectivity index (χ1) is 14.8.